The number of hydrogen-bond acceptors (Lipinski definition) is 8. The Balaban J connectivity index is 1.62. The lowest BCUT2D eigenvalue weighted by Crippen LogP contribution is -2.25. The van der Waals surface area contributed by atoms with E-state index in [-0.39, 0.29) is 16.7 Å². The lowest BCUT2D eigenvalue weighted by Gasteiger charge is -2.18. The summed E-state index contributed by atoms with van der Waals surface area (Å²) in [6, 6.07) is 17.0. The molecule has 1 atom stereocenters. The summed E-state index contributed by atoms with van der Waals surface area (Å²) < 4.78 is 51.1. The predicted octanol–water partition coefficient (Wildman–Crippen LogP) is 4.45. The minimum Gasteiger partial charge on any atom is -0.493 e. The molecule has 1 unspecified atom stereocenters. The number of rotatable bonds is 7. The van der Waals surface area contributed by atoms with Crippen LogP contribution in [0.15, 0.2) is 76.9 Å². The second-order valence-corrected chi connectivity index (χ2v) is 10.7. The summed E-state index contributed by atoms with van der Waals surface area (Å²) in [6.45, 7) is 3.25. The molecule has 0 N–H and O–H groups in total. The van der Waals surface area contributed by atoms with Crippen molar-refractivity contribution >= 4 is 32.7 Å². The molecule has 3 aromatic carbocycles. The van der Waals surface area contributed by atoms with Crippen LogP contribution in [0, 0.1) is 6.92 Å². The average Bonchev–Trinajstić information content (AvgIpc) is 3.55. The number of para-hydroxylation sites is 1. The van der Waals surface area contributed by atoms with Crippen molar-refractivity contribution in [3.63, 3.8) is 0 Å². The minimum atomic E-state index is -3.95. The minimum absolute atomic E-state index is 0.132. The van der Waals surface area contributed by atoms with E-state index in [4.69, 9.17) is 18.9 Å². The first-order chi connectivity index (χ1) is 18.7. The zero-order chi connectivity index (χ0) is 27.9. The van der Waals surface area contributed by atoms with Crippen molar-refractivity contribution in [1.82, 2.24) is 8.98 Å². The molecule has 2 heterocycles. The van der Waals surface area contributed by atoms with Crippen LogP contribution in [-0.4, -0.2) is 50.5 Å². The average molecular weight is 550 g/mol. The molecule has 10 nitrogen and oxygen atoms in total. The number of benzene rings is 3. The molecule has 0 saturated carbocycles. The van der Waals surface area contributed by atoms with E-state index < -0.39 is 16.3 Å². The summed E-state index contributed by atoms with van der Waals surface area (Å²) in [6.07, 6.45) is 0.463. The highest BCUT2D eigenvalue weighted by Crippen LogP contribution is 2.41. The monoisotopic (exact) mass is 549 g/mol. The Morgan fingerprint density at radius 1 is 0.949 bits per heavy atom. The van der Waals surface area contributed by atoms with Crippen molar-refractivity contribution in [2.75, 3.05) is 21.3 Å². The van der Waals surface area contributed by atoms with E-state index in [1.165, 1.54) is 43.4 Å². The number of carbonyl (C=O) groups excluding carboxylic acids is 1. The van der Waals surface area contributed by atoms with Crippen LogP contribution in [0.25, 0.3) is 10.9 Å². The highest BCUT2D eigenvalue weighted by atomic mass is 32.2. The Hall–Kier alpha value is -4.51. The topological polar surface area (TPSA) is 109 Å². The molecule has 1 aliphatic heterocycles. The fourth-order valence-corrected chi connectivity index (χ4v) is 5.86. The van der Waals surface area contributed by atoms with Gasteiger partial charge in [0.2, 0.25) is 23.8 Å². The second-order valence-electron chi connectivity index (χ2n) is 8.87. The number of aryl methyl sites for hydroxylation is 1. The fraction of sp³-hybridized carbons (Fsp3) is 0.214. The van der Waals surface area contributed by atoms with Crippen LogP contribution in [-0.2, 0) is 19.6 Å². The molecule has 1 aromatic heterocycles. The van der Waals surface area contributed by atoms with Gasteiger partial charge in [0.1, 0.15) is 0 Å². The molecule has 1 amide bonds. The SMILES string of the molecule is COc1cc(C2=NN(C(C)=O)C(c3cn(S(=O)(=O)c4ccc(C)cc4)c4ccccc34)O2)cc(OC)c1OC. The summed E-state index contributed by atoms with van der Waals surface area (Å²) in [7, 11) is 0.536. The van der Waals surface area contributed by atoms with Gasteiger partial charge < -0.3 is 18.9 Å². The molecule has 0 radical (unpaired) electrons. The predicted molar refractivity (Wildman–Crippen MR) is 145 cm³/mol. The molecule has 11 heteroatoms. The van der Waals surface area contributed by atoms with Crippen LogP contribution >= 0.6 is 0 Å². The number of nitrogens with zero attached hydrogens (tertiary/aromatic N) is 3. The van der Waals surface area contributed by atoms with E-state index in [2.05, 4.69) is 5.10 Å². The number of amides is 1. The molecule has 0 fully saturated rings. The maximum atomic E-state index is 13.7. The first-order valence-corrected chi connectivity index (χ1v) is 13.4. The van der Waals surface area contributed by atoms with Crippen LogP contribution in [0.1, 0.15) is 29.8 Å². The van der Waals surface area contributed by atoms with Crippen molar-refractivity contribution in [3.05, 3.63) is 83.6 Å². The zero-order valence-corrected chi connectivity index (χ0v) is 22.9. The molecule has 0 saturated heterocycles. The number of hydrazone groups is 1. The smallest absolute Gasteiger partial charge is 0.268 e. The number of carbonyl (C=O) groups is 1. The van der Waals surface area contributed by atoms with E-state index >= 15 is 0 Å². The van der Waals surface area contributed by atoms with Gasteiger partial charge in [-0.05, 0) is 37.3 Å². The van der Waals surface area contributed by atoms with Gasteiger partial charge in [0.05, 0.1) is 31.7 Å². The lowest BCUT2D eigenvalue weighted by molar-refractivity contribution is -0.135. The van der Waals surface area contributed by atoms with Crippen LogP contribution in [0.2, 0.25) is 0 Å². The van der Waals surface area contributed by atoms with Gasteiger partial charge in [0, 0.05) is 29.6 Å². The lowest BCUT2D eigenvalue weighted by atomic mass is 10.1. The van der Waals surface area contributed by atoms with Gasteiger partial charge >= 0.3 is 0 Å². The first-order valence-electron chi connectivity index (χ1n) is 12.0. The highest BCUT2D eigenvalue weighted by molar-refractivity contribution is 7.90. The quantitative estimate of drug-likeness (QED) is 0.335. The van der Waals surface area contributed by atoms with Crippen molar-refractivity contribution in [2.24, 2.45) is 5.10 Å². The number of methoxy groups -OCH3 is 3. The van der Waals surface area contributed by atoms with Crippen LogP contribution in [0.3, 0.4) is 0 Å². The van der Waals surface area contributed by atoms with Crippen LogP contribution in [0.4, 0.5) is 0 Å². The molecule has 1 aliphatic rings. The maximum absolute atomic E-state index is 13.7. The molecule has 0 aliphatic carbocycles. The van der Waals surface area contributed by atoms with Gasteiger partial charge in [-0.1, -0.05) is 35.9 Å². The van der Waals surface area contributed by atoms with Crippen LogP contribution in [0.5, 0.6) is 17.2 Å². The Morgan fingerprint density at radius 3 is 2.18 bits per heavy atom. The van der Waals surface area contributed by atoms with E-state index in [9.17, 15) is 13.2 Å². The van der Waals surface area contributed by atoms with E-state index in [0.29, 0.717) is 39.3 Å². The van der Waals surface area contributed by atoms with Gasteiger partial charge in [0.25, 0.3) is 10.0 Å². The van der Waals surface area contributed by atoms with E-state index in [0.717, 1.165) is 5.56 Å². The number of ether oxygens (including phenoxy) is 4. The third kappa shape index (κ3) is 4.44. The number of hydrogen-bond donors (Lipinski definition) is 0. The Labute approximate surface area is 226 Å². The third-order valence-corrected chi connectivity index (χ3v) is 8.12. The molecule has 4 aromatic rings. The molecular weight excluding hydrogens is 522 g/mol. The summed E-state index contributed by atoms with van der Waals surface area (Å²) in [4.78, 5) is 12.8. The molecule has 5 rings (SSSR count). The van der Waals surface area contributed by atoms with Crippen molar-refractivity contribution in [3.8, 4) is 17.2 Å². The van der Waals surface area contributed by atoms with Gasteiger partial charge in [-0.3, -0.25) is 4.79 Å². The van der Waals surface area contributed by atoms with Crippen molar-refractivity contribution in [1.29, 1.82) is 0 Å². The normalized spacial score (nSPS) is 15.2. The van der Waals surface area contributed by atoms with Gasteiger partial charge in [-0.25, -0.2) is 12.4 Å². The molecular formula is C28H27N3O7S. The Kier molecular flexibility index (Phi) is 6.69. The fourth-order valence-electron chi connectivity index (χ4n) is 4.49. The summed E-state index contributed by atoms with van der Waals surface area (Å²) in [5, 5.41) is 6.22. The summed E-state index contributed by atoms with van der Waals surface area (Å²) >= 11 is 0. The molecule has 0 bridgehead atoms. The zero-order valence-electron chi connectivity index (χ0n) is 22.0. The van der Waals surface area contributed by atoms with Crippen molar-refractivity contribution in [2.45, 2.75) is 25.0 Å². The second kappa shape index (κ2) is 9.99. The molecule has 0 spiro atoms. The largest absolute Gasteiger partial charge is 0.493 e. The highest BCUT2D eigenvalue weighted by Gasteiger charge is 2.37. The van der Waals surface area contributed by atoms with Gasteiger partial charge in [-0.2, -0.15) is 5.01 Å². The Bertz CT molecular complexity index is 1680. The van der Waals surface area contributed by atoms with Gasteiger partial charge in [0.15, 0.2) is 11.5 Å². The third-order valence-electron chi connectivity index (χ3n) is 6.43. The van der Waals surface area contributed by atoms with E-state index in [1.54, 1.807) is 60.7 Å². The number of aromatic nitrogens is 1. The first kappa shape index (κ1) is 26.1. The maximum Gasteiger partial charge on any atom is 0.268 e. The van der Waals surface area contributed by atoms with Gasteiger partial charge in [-0.15, -0.1) is 5.10 Å². The summed E-state index contributed by atoms with van der Waals surface area (Å²) in [5.41, 5.74) is 2.33. The molecule has 202 valence electrons. The summed E-state index contributed by atoms with van der Waals surface area (Å²) in [5.74, 6) is 0.911. The Morgan fingerprint density at radius 2 is 1.59 bits per heavy atom. The number of fused-ring (bicyclic) bond motifs is 1. The van der Waals surface area contributed by atoms with Crippen molar-refractivity contribution < 1.29 is 32.2 Å². The standard InChI is InChI=1S/C28H27N3O7S/c1-17-10-12-20(13-11-17)39(33,34)30-16-22(21-8-6-7-9-23(21)30)28-31(18(2)32)29-27(38-28)19-14-24(35-3)26(37-5)25(15-19)36-4/h6-16,28H,1-5H3. The van der Waals surface area contributed by atoms with E-state index in [1.807, 2.05) is 6.92 Å². The van der Waals surface area contributed by atoms with Crippen LogP contribution < -0.4 is 14.2 Å². The molecule has 39 heavy (non-hydrogen) atoms.